The SMILES string of the molecule is Cc1nc(CN2CCC(CNC(=O)c3cccc(CO)c3)CC2)cs1. The molecule has 0 radical (unpaired) electrons. The Kier molecular flexibility index (Phi) is 6.18. The molecule has 0 unspecified atom stereocenters. The maximum absolute atomic E-state index is 12.3. The molecule has 2 heterocycles. The van der Waals surface area contributed by atoms with Crippen molar-refractivity contribution in [2.45, 2.75) is 32.9 Å². The van der Waals surface area contributed by atoms with E-state index >= 15 is 0 Å². The summed E-state index contributed by atoms with van der Waals surface area (Å²) >= 11 is 1.70. The molecule has 2 aromatic rings. The number of carbonyl (C=O) groups excluding carboxylic acids is 1. The fraction of sp³-hybridized carbons (Fsp3) is 0.474. The van der Waals surface area contributed by atoms with Crippen LogP contribution in [0.1, 0.15) is 39.5 Å². The molecule has 1 fully saturated rings. The van der Waals surface area contributed by atoms with Crippen LogP contribution < -0.4 is 5.32 Å². The lowest BCUT2D eigenvalue weighted by atomic mass is 9.96. The van der Waals surface area contributed by atoms with E-state index in [0.29, 0.717) is 18.0 Å². The first-order valence-corrected chi connectivity index (χ1v) is 9.63. The van der Waals surface area contributed by atoms with Crippen LogP contribution in [0.15, 0.2) is 29.6 Å². The lowest BCUT2D eigenvalue weighted by molar-refractivity contribution is 0.0935. The van der Waals surface area contributed by atoms with Gasteiger partial charge < -0.3 is 10.4 Å². The highest BCUT2D eigenvalue weighted by Gasteiger charge is 2.20. The Bertz CT molecular complexity index is 708. The predicted molar refractivity (Wildman–Crippen MR) is 99.6 cm³/mol. The highest BCUT2D eigenvalue weighted by molar-refractivity contribution is 7.09. The van der Waals surface area contributed by atoms with Gasteiger partial charge in [-0.25, -0.2) is 4.98 Å². The second-order valence-electron chi connectivity index (χ2n) is 6.65. The second-order valence-corrected chi connectivity index (χ2v) is 7.71. The molecule has 5 nitrogen and oxygen atoms in total. The third kappa shape index (κ3) is 5.11. The molecular formula is C19H25N3O2S. The van der Waals surface area contributed by atoms with E-state index in [1.54, 1.807) is 29.5 Å². The summed E-state index contributed by atoms with van der Waals surface area (Å²) in [6.07, 6.45) is 2.19. The van der Waals surface area contributed by atoms with Crippen molar-refractivity contribution in [2.24, 2.45) is 5.92 Å². The molecule has 1 aromatic carbocycles. The predicted octanol–water partition coefficient (Wildman–Crippen LogP) is 2.59. The van der Waals surface area contributed by atoms with E-state index in [0.717, 1.165) is 48.7 Å². The number of hydrogen-bond acceptors (Lipinski definition) is 5. The first-order chi connectivity index (χ1) is 12.1. The minimum absolute atomic E-state index is 0.0436. The minimum atomic E-state index is -0.0596. The molecule has 0 bridgehead atoms. The monoisotopic (exact) mass is 359 g/mol. The molecular weight excluding hydrogens is 334 g/mol. The van der Waals surface area contributed by atoms with Crippen LogP contribution in [-0.2, 0) is 13.2 Å². The van der Waals surface area contributed by atoms with Gasteiger partial charge >= 0.3 is 0 Å². The van der Waals surface area contributed by atoms with Crippen molar-refractivity contribution in [3.05, 3.63) is 51.5 Å². The van der Waals surface area contributed by atoms with Crippen LogP contribution in [0, 0.1) is 12.8 Å². The number of carbonyl (C=O) groups is 1. The summed E-state index contributed by atoms with van der Waals surface area (Å²) in [7, 11) is 0. The summed E-state index contributed by atoms with van der Waals surface area (Å²) in [5, 5.41) is 15.5. The van der Waals surface area contributed by atoms with E-state index in [1.807, 2.05) is 13.0 Å². The topological polar surface area (TPSA) is 65.5 Å². The van der Waals surface area contributed by atoms with Crippen LogP contribution in [0.4, 0.5) is 0 Å². The molecule has 0 saturated carbocycles. The van der Waals surface area contributed by atoms with Crippen molar-refractivity contribution in [3.8, 4) is 0 Å². The Morgan fingerprint density at radius 3 is 2.88 bits per heavy atom. The Hall–Kier alpha value is -1.76. The molecule has 0 spiro atoms. The summed E-state index contributed by atoms with van der Waals surface area (Å²) in [4.78, 5) is 19.2. The lowest BCUT2D eigenvalue weighted by Crippen LogP contribution is -2.38. The maximum atomic E-state index is 12.3. The van der Waals surface area contributed by atoms with Crippen molar-refractivity contribution in [3.63, 3.8) is 0 Å². The number of piperidine rings is 1. The van der Waals surface area contributed by atoms with E-state index in [1.165, 1.54) is 0 Å². The Balaban J connectivity index is 1.42. The first-order valence-electron chi connectivity index (χ1n) is 8.75. The summed E-state index contributed by atoms with van der Waals surface area (Å²) in [5.74, 6) is 0.467. The zero-order valence-corrected chi connectivity index (χ0v) is 15.4. The van der Waals surface area contributed by atoms with Gasteiger partial charge in [0.25, 0.3) is 5.91 Å². The van der Waals surface area contributed by atoms with Crippen LogP contribution in [-0.4, -0.2) is 40.5 Å². The van der Waals surface area contributed by atoms with E-state index in [2.05, 4.69) is 20.6 Å². The van der Waals surface area contributed by atoms with Gasteiger partial charge in [-0.2, -0.15) is 0 Å². The van der Waals surface area contributed by atoms with Gasteiger partial charge in [0.15, 0.2) is 0 Å². The number of nitrogens with one attached hydrogen (secondary N) is 1. The Labute approximate surface area is 152 Å². The van der Waals surface area contributed by atoms with Gasteiger partial charge in [-0.05, 0) is 56.5 Å². The van der Waals surface area contributed by atoms with E-state index in [9.17, 15) is 4.79 Å². The quantitative estimate of drug-likeness (QED) is 0.832. The Morgan fingerprint density at radius 1 is 1.40 bits per heavy atom. The fourth-order valence-electron chi connectivity index (χ4n) is 3.21. The van der Waals surface area contributed by atoms with Crippen molar-refractivity contribution >= 4 is 17.2 Å². The van der Waals surface area contributed by atoms with Crippen LogP contribution in [0.2, 0.25) is 0 Å². The third-order valence-corrected chi connectivity index (χ3v) is 5.50. The zero-order chi connectivity index (χ0) is 17.6. The lowest BCUT2D eigenvalue weighted by Gasteiger charge is -2.31. The van der Waals surface area contributed by atoms with E-state index < -0.39 is 0 Å². The number of aliphatic hydroxyl groups excluding tert-OH is 1. The number of hydrogen-bond donors (Lipinski definition) is 2. The number of amides is 1. The minimum Gasteiger partial charge on any atom is -0.392 e. The summed E-state index contributed by atoms with van der Waals surface area (Å²) in [6, 6.07) is 7.15. The summed E-state index contributed by atoms with van der Waals surface area (Å²) in [6.45, 7) is 5.74. The van der Waals surface area contributed by atoms with Crippen molar-refractivity contribution in [2.75, 3.05) is 19.6 Å². The smallest absolute Gasteiger partial charge is 0.251 e. The van der Waals surface area contributed by atoms with Gasteiger partial charge in [-0.15, -0.1) is 11.3 Å². The highest BCUT2D eigenvalue weighted by atomic mass is 32.1. The third-order valence-electron chi connectivity index (χ3n) is 4.68. The maximum Gasteiger partial charge on any atom is 0.251 e. The standard InChI is InChI=1S/C19H25N3O2S/c1-14-21-18(13-25-14)11-22-7-5-15(6-8-22)10-20-19(24)17-4-2-3-16(9-17)12-23/h2-4,9,13,15,23H,5-8,10-12H2,1H3,(H,20,24). The van der Waals surface area contributed by atoms with Crippen LogP contribution >= 0.6 is 11.3 Å². The fourth-order valence-corrected chi connectivity index (χ4v) is 3.81. The second kappa shape index (κ2) is 8.56. The number of nitrogens with zero attached hydrogens (tertiary/aromatic N) is 2. The Morgan fingerprint density at radius 2 is 2.20 bits per heavy atom. The van der Waals surface area contributed by atoms with E-state index in [4.69, 9.17) is 5.11 Å². The average molecular weight is 359 g/mol. The van der Waals surface area contributed by atoms with E-state index in [-0.39, 0.29) is 12.5 Å². The van der Waals surface area contributed by atoms with Crippen molar-refractivity contribution < 1.29 is 9.90 Å². The highest BCUT2D eigenvalue weighted by Crippen LogP contribution is 2.19. The van der Waals surface area contributed by atoms with Gasteiger partial charge in [-0.3, -0.25) is 9.69 Å². The van der Waals surface area contributed by atoms with Crippen LogP contribution in [0.3, 0.4) is 0 Å². The van der Waals surface area contributed by atoms with Gasteiger partial charge in [0, 0.05) is 24.0 Å². The van der Waals surface area contributed by atoms with Gasteiger partial charge in [0.1, 0.15) is 0 Å². The molecule has 2 N–H and O–H groups in total. The molecule has 1 aliphatic rings. The molecule has 1 amide bonds. The van der Waals surface area contributed by atoms with Gasteiger partial charge in [0.2, 0.25) is 0 Å². The molecule has 3 rings (SSSR count). The van der Waals surface area contributed by atoms with Crippen molar-refractivity contribution in [1.82, 2.24) is 15.2 Å². The zero-order valence-electron chi connectivity index (χ0n) is 14.6. The number of likely N-dealkylation sites (tertiary alicyclic amines) is 1. The van der Waals surface area contributed by atoms with Crippen LogP contribution in [0.25, 0.3) is 0 Å². The number of rotatable bonds is 6. The number of thiazole rings is 1. The summed E-state index contributed by atoms with van der Waals surface area (Å²) < 4.78 is 0. The molecule has 25 heavy (non-hydrogen) atoms. The molecule has 6 heteroatoms. The average Bonchev–Trinajstić information content (AvgIpc) is 3.05. The van der Waals surface area contributed by atoms with Crippen LogP contribution in [0.5, 0.6) is 0 Å². The largest absolute Gasteiger partial charge is 0.392 e. The van der Waals surface area contributed by atoms with Crippen molar-refractivity contribution in [1.29, 1.82) is 0 Å². The first kappa shape index (κ1) is 18.0. The number of aryl methyl sites for hydroxylation is 1. The molecule has 1 saturated heterocycles. The molecule has 134 valence electrons. The number of aliphatic hydroxyl groups is 1. The van der Waals surface area contributed by atoms with Gasteiger partial charge in [0.05, 0.1) is 17.3 Å². The van der Waals surface area contributed by atoms with Gasteiger partial charge in [-0.1, -0.05) is 12.1 Å². The summed E-state index contributed by atoms with van der Waals surface area (Å²) in [5.41, 5.74) is 2.54. The molecule has 0 atom stereocenters. The number of benzene rings is 1. The molecule has 0 aliphatic carbocycles. The normalized spacial score (nSPS) is 16.1. The molecule has 1 aromatic heterocycles. The number of aromatic nitrogens is 1. The molecule has 1 aliphatic heterocycles.